The van der Waals surface area contributed by atoms with Gasteiger partial charge in [0.15, 0.2) is 0 Å². The highest BCUT2D eigenvalue weighted by Gasteiger charge is 2.40. The summed E-state index contributed by atoms with van der Waals surface area (Å²) in [5, 5.41) is 87.6. The summed E-state index contributed by atoms with van der Waals surface area (Å²) in [6.45, 7) is 5.03. The molecule has 7 rings (SSSR count). The first-order valence-corrected chi connectivity index (χ1v) is 38.7. The van der Waals surface area contributed by atoms with Gasteiger partial charge in [-0.1, -0.05) is 120 Å². The molecule has 3 heterocycles. The summed E-state index contributed by atoms with van der Waals surface area (Å²) in [7, 11) is 1.61. The van der Waals surface area contributed by atoms with Crippen LogP contribution < -0.4 is 80.6 Å². The number of aliphatic hydroxyl groups excluding tert-OH is 3. The molecule has 5 aromatic rings. The number of nitrogens with one attached hydrogen (secondary N) is 14. The van der Waals surface area contributed by atoms with Gasteiger partial charge in [-0.15, -0.1) is 0 Å². The van der Waals surface area contributed by atoms with Crippen molar-refractivity contribution in [3.05, 3.63) is 137 Å². The number of aromatic nitrogens is 1. The number of amides is 12. The topological polar surface area (TPSA) is 547 Å². The number of rotatable bonds is 21. The third-order valence-corrected chi connectivity index (χ3v) is 20.6. The molecule has 1 aromatic heterocycles. The molecule has 2 fully saturated rings. The second kappa shape index (κ2) is 43.3. The lowest BCUT2D eigenvalue weighted by atomic mass is 9.99. The third-order valence-electron chi connectivity index (χ3n) is 18.2. The summed E-state index contributed by atoms with van der Waals surface area (Å²) >= 11 is 0. The van der Waals surface area contributed by atoms with Crippen LogP contribution in [0.25, 0.3) is 10.9 Å². The van der Waals surface area contributed by atoms with Gasteiger partial charge in [0.1, 0.15) is 72.2 Å². The number of phenols is 1. The maximum Gasteiger partial charge on any atom is 0.327 e. The Bertz CT molecular complexity index is 3990. The number of unbranched alkanes of at least 4 members (excludes halogenated alkanes) is 1. The van der Waals surface area contributed by atoms with Gasteiger partial charge in [-0.3, -0.25) is 57.5 Å². The number of carbonyl (C=O) groups is 13. The van der Waals surface area contributed by atoms with Gasteiger partial charge >= 0.3 is 5.97 Å². The number of aliphatic carboxylic acids is 1. The van der Waals surface area contributed by atoms with Gasteiger partial charge in [-0.2, -0.15) is 0 Å². The molecule has 23 N–H and O–H groups in total. The summed E-state index contributed by atoms with van der Waals surface area (Å²) in [6.07, 6.45) is -4.34. The van der Waals surface area contributed by atoms with E-state index in [1.54, 1.807) is 85.1 Å². The summed E-state index contributed by atoms with van der Waals surface area (Å²) in [4.78, 5) is 193. The van der Waals surface area contributed by atoms with Crippen LogP contribution in [0.4, 0.5) is 0 Å². The normalized spacial score (nSPS) is 24.3. The van der Waals surface area contributed by atoms with E-state index < -0.39 is 200 Å². The number of hydrogen-bond acceptors (Lipinski definition) is 22. The highest BCUT2D eigenvalue weighted by Crippen LogP contribution is 2.25. The predicted octanol–water partition coefficient (Wildman–Crippen LogP) is -3.04. The summed E-state index contributed by atoms with van der Waals surface area (Å²) in [5.41, 5.74) is 15.8. The molecule has 0 unspecified atom stereocenters. The van der Waals surface area contributed by atoms with Crippen LogP contribution in [0, 0.1) is 0 Å². The van der Waals surface area contributed by atoms with Crippen LogP contribution in [-0.2, 0) is 94.6 Å². The number of aromatic hydroxyl groups is 1. The molecule has 596 valence electrons. The van der Waals surface area contributed by atoms with Crippen LogP contribution in [0.2, 0.25) is 0 Å². The van der Waals surface area contributed by atoms with Crippen LogP contribution in [0.5, 0.6) is 5.75 Å². The number of phenolic OH excluding ortho intramolecular Hbond substituents is 1. The zero-order valence-electron chi connectivity index (χ0n) is 61.4. The molecule has 110 heavy (non-hydrogen) atoms. The maximum atomic E-state index is 15.4. The monoisotopic (exact) mass is 1560 g/mol. The van der Waals surface area contributed by atoms with E-state index in [0.29, 0.717) is 46.1 Å². The standard InChI is InChI=1S/C74H100N16O18S2/c1-39(2)78-34-45-19-17-44(18-20-45)32-55-69(102)90-61(40(3)92)72(105)82-53-27-29-77-60(95)26-25-52(65(98)83-54(31-42-12-6-5-7-13-42)67(100)85-56(68(101)84-55)33-46-35-79-50-15-9-8-14-48(46)50)81-64(97)51(16-10-11-28-75)80-71(104)58(87-63(96)49(76)30-43-21-23-47(94)24-22-43)37-109-110-38-59(74(107)108)88-70(103)57(36-91)86-73(106)62(41(4)93)89-66(53)99/h5-9,12-15,17-24,35,39-41,49,51-59,61-62,78-79,91-94H,10-11,16,25-34,36-38,75-76H2,1-4H3,(H,77,95)(H,80,104)(H,81,97)(H,82,105)(H,83,98)(H,84,101)(H,85,100)(H,86,106)(H,87,96)(H,88,103)(H,89,99)(H,90,102)(H,107,108)/t40-,41-,49+,51+,52-,53-,54+,55+,56-,57+,58+,59+,61+,62+/m1/s1. The zero-order chi connectivity index (χ0) is 80.1. The number of hydrogen-bond donors (Lipinski definition) is 21. The van der Waals surface area contributed by atoms with E-state index in [9.17, 15) is 63.9 Å². The quantitative estimate of drug-likeness (QED) is 0.0257. The number of benzene rings is 4. The van der Waals surface area contributed by atoms with Crippen molar-refractivity contribution in [1.82, 2.24) is 74.1 Å². The van der Waals surface area contributed by atoms with E-state index in [1.807, 2.05) is 13.8 Å². The van der Waals surface area contributed by atoms with Crippen molar-refractivity contribution in [2.75, 3.05) is 31.2 Å². The van der Waals surface area contributed by atoms with E-state index in [-0.39, 0.29) is 62.6 Å². The van der Waals surface area contributed by atoms with Crippen molar-refractivity contribution in [3.8, 4) is 5.75 Å². The first-order valence-electron chi connectivity index (χ1n) is 36.2. The summed E-state index contributed by atoms with van der Waals surface area (Å²) in [6, 6.07) is 7.71. The summed E-state index contributed by atoms with van der Waals surface area (Å²) < 4.78 is 0. The SMILES string of the molecule is CC(C)NCc1ccc(C[C@@H]2NC(=O)[C@@H](Cc3c[nH]c4ccccc34)NC(=O)[C@H](Cc3ccccc3)NC(=O)[C@H]3CCC(=O)NCC[C@@H](NC(=O)[C@H]([C@@H](C)O)NC2=O)C(=O)N[C@@H]([C@@H](C)O)C(=O)N[C@@H](CO)C(=O)N[C@H](C(=O)O)CSSC[C@H](NC(=O)[C@@H](N)Cc2ccc(O)cc2)C(=O)N[C@@H](CCCCN)C(=O)N3)cc1. The Balaban J connectivity index is 1.36. The predicted molar refractivity (Wildman–Crippen MR) is 408 cm³/mol. The maximum absolute atomic E-state index is 15.4. The number of para-hydroxylation sites is 1. The van der Waals surface area contributed by atoms with Crippen LogP contribution in [-0.4, -0.2) is 229 Å². The van der Waals surface area contributed by atoms with E-state index in [1.165, 1.54) is 24.3 Å². The number of aromatic amines is 1. The smallest absolute Gasteiger partial charge is 0.327 e. The largest absolute Gasteiger partial charge is 0.508 e. The lowest BCUT2D eigenvalue weighted by molar-refractivity contribution is -0.142. The van der Waals surface area contributed by atoms with Crippen molar-refractivity contribution in [1.29, 1.82) is 0 Å². The molecule has 4 aromatic carbocycles. The van der Waals surface area contributed by atoms with Gasteiger partial charge in [0, 0.05) is 73.4 Å². The number of H-pyrrole nitrogens is 1. The summed E-state index contributed by atoms with van der Waals surface area (Å²) in [5.74, 6) is -15.4. The Labute approximate surface area is 643 Å². The molecule has 0 saturated carbocycles. The van der Waals surface area contributed by atoms with Gasteiger partial charge in [0.2, 0.25) is 70.9 Å². The van der Waals surface area contributed by atoms with E-state index in [4.69, 9.17) is 11.5 Å². The third kappa shape index (κ3) is 27.1. The fourth-order valence-electron chi connectivity index (χ4n) is 11.9. The van der Waals surface area contributed by atoms with E-state index >= 15 is 24.0 Å². The minimum Gasteiger partial charge on any atom is -0.508 e. The molecule has 12 amide bonds. The highest BCUT2D eigenvalue weighted by molar-refractivity contribution is 8.76. The van der Waals surface area contributed by atoms with Gasteiger partial charge in [-0.25, -0.2) is 4.79 Å². The Kier molecular flexibility index (Phi) is 34.2. The average Bonchev–Trinajstić information content (AvgIpc) is 1.27. The van der Waals surface area contributed by atoms with Crippen LogP contribution in [0.15, 0.2) is 109 Å². The number of carbonyl (C=O) groups excluding carboxylic acids is 12. The second-order valence-corrected chi connectivity index (χ2v) is 29.9. The van der Waals surface area contributed by atoms with Crippen molar-refractivity contribution < 1.29 is 87.9 Å². The Hall–Kier alpha value is -10.2. The van der Waals surface area contributed by atoms with Gasteiger partial charge in [0.05, 0.1) is 24.9 Å². The van der Waals surface area contributed by atoms with Crippen LogP contribution in [0.1, 0.15) is 94.0 Å². The molecule has 2 aliphatic rings. The lowest BCUT2D eigenvalue weighted by Gasteiger charge is -2.29. The van der Waals surface area contributed by atoms with E-state index in [2.05, 4.69) is 74.1 Å². The van der Waals surface area contributed by atoms with Crippen molar-refractivity contribution in [2.45, 2.75) is 189 Å². The second-order valence-electron chi connectivity index (χ2n) is 27.3. The molecule has 2 bridgehead atoms. The van der Waals surface area contributed by atoms with Crippen molar-refractivity contribution in [2.24, 2.45) is 11.5 Å². The molecular formula is C74H100N16O18S2. The Morgan fingerprint density at radius 1 is 0.545 bits per heavy atom. The molecule has 36 heteroatoms. The molecule has 0 spiro atoms. The fraction of sp³-hybridized carbons (Fsp3) is 0.473. The minimum atomic E-state index is -2.03. The van der Waals surface area contributed by atoms with Crippen molar-refractivity contribution >= 4 is 109 Å². The molecular weight excluding hydrogens is 1470 g/mol. The molecule has 14 atom stereocenters. The molecule has 34 nitrogen and oxygen atoms in total. The van der Waals surface area contributed by atoms with Crippen molar-refractivity contribution in [3.63, 3.8) is 0 Å². The van der Waals surface area contributed by atoms with Gasteiger partial charge < -0.3 is 111 Å². The van der Waals surface area contributed by atoms with Gasteiger partial charge in [0.25, 0.3) is 0 Å². The number of nitrogens with two attached hydrogens (primary N) is 2. The molecule has 2 aliphatic heterocycles. The van der Waals surface area contributed by atoms with Crippen LogP contribution in [0.3, 0.4) is 0 Å². The van der Waals surface area contributed by atoms with Gasteiger partial charge in [-0.05, 0) is 105 Å². The fourth-order valence-corrected chi connectivity index (χ4v) is 14.2. The number of aliphatic hydroxyl groups is 3. The molecule has 0 aliphatic carbocycles. The Morgan fingerprint density at radius 3 is 1.68 bits per heavy atom. The minimum absolute atomic E-state index is 0.0633. The Morgan fingerprint density at radius 2 is 1.05 bits per heavy atom. The lowest BCUT2D eigenvalue weighted by Crippen LogP contribution is -2.63. The zero-order valence-corrected chi connectivity index (χ0v) is 63.0. The highest BCUT2D eigenvalue weighted by atomic mass is 33.1. The number of fused-ring (bicyclic) bond motifs is 8. The number of carboxylic acids is 1. The van der Waals surface area contributed by atoms with E-state index in [0.717, 1.165) is 41.0 Å². The molecule has 0 radical (unpaired) electrons. The average molecular weight is 1570 g/mol. The first kappa shape index (κ1) is 87.0. The molecule has 2 saturated heterocycles. The first-order chi connectivity index (χ1) is 52.5. The van der Waals surface area contributed by atoms with Crippen LogP contribution >= 0.6 is 21.6 Å². The number of carboxylic acid groups (broad SMARTS) is 1.